The number of amides is 2. The van der Waals surface area contributed by atoms with Crippen molar-refractivity contribution in [3.63, 3.8) is 0 Å². The van der Waals surface area contributed by atoms with Crippen molar-refractivity contribution >= 4 is 27.4 Å². The lowest BCUT2D eigenvalue weighted by molar-refractivity contribution is 0.130. The molecule has 10 heteroatoms. The lowest BCUT2D eigenvalue weighted by atomic mass is 10.0. The van der Waals surface area contributed by atoms with Crippen LogP contribution in [0.2, 0.25) is 0 Å². The smallest absolute Gasteiger partial charge is 0.322 e. The number of ether oxygens (including phenoxy) is 1. The van der Waals surface area contributed by atoms with Gasteiger partial charge in [0, 0.05) is 43.6 Å². The molecule has 1 fully saturated rings. The number of nitrogens with zero attached hydrogens (tertiary/aromatic N) is 2. The van der Waals surface area contributed by atoms with Crippen LogP contribution in [0.5, 0.6) is 11.5 Å². The van der Waals surface area contributed by atoms with E-state index in [0.717, 1.165) is 44.3 Å². The third-order valence-corrected chi connectivity index (χ3v) is 7.38. The Bertz CT molecular complexity index is 1430. The molecular weight excluding hydrogens is 543 g/mol. The van der Waals surface area contributed by atoms with Gasteiger partial charge in [0.1, 0.15) is 17.3 Å². The molecule has 2 N–H and O–H groups in total. The summed E-state index contributed by atoms with van der Waals surface area (Å²) in [5.74, 6) is 0.966. The van der Waals surface area contributed by atoms with Crippen LogP contribution >= 0.6 is 0 Å². The quantitative estimate of drug-likeness (QED) is 0.269. The van der Waals surface area contributed by atoms with Gasteiger partial charge < -0.3 is 15.0 Å². The maximum absolute atomic E-state index is 13.3. The molecule has 0 unspecified atom stereocenters. The third-order valence-electron chi connectivity index (χ3n) is 6.77. The highest BCUT2D eigenvalue weighted by molar-refractivity contribution is 7.92. The van der Waals surface area contributed by atoms with E-state index in [1.807, 2.05) is 43.0 Å². The standard InChI is InChI=1S/C31H37FN4O4S/c1-23(2)16-21-36(31(37)33-26-8-6-25(32)7-9-26)28-17-19-35(20-18-28)22-24-4-12-29(13-5-24)40-30-14-10-27(11-15-30)34-41(3,38)39/h4-16,28,34H,17-22H2,1-3H3,(H,33,37). The average Bonchev–Trinajstić information content (AvgIpc) is 2.92. The lowest BCUT2D eigenvalue weighted by Gasteiger charge is -2.38. The second-order valence-electron chi connectivity index (χ2n) is 10.5. The van der Waals surface area contributed by atoms with Crippen LogP contribution in [-0.2, 0) is 16.6 Å². The number of rotatable bonds is 10. The zero-order valence-corrected chi connectivity index (χ0v) is 24.5. The van der Waals surface area contributed by atoms with Gasteiger partial charge in [0.25, 0.3) is 0 Å². The monoisotopic (exact) mass is 580 g/mol. The molecule has 218 valence electrons. The molecule has 41 heavy (non-hydrogen) atoms. The van der Waals surface area contributed by atoms with Gasteiger partial charge >= 0.3 is 6.03 Å². The number of hydrogen-bond donors (Lipinski definition) is 2. The Labute approximate surface area is 241 Å². The number of piperidine rings is 1. The van der Waals surface area contributed by atoms with E-state index in [1.165, 1.54) is 17.7 Å². The molecule has 8 nitrogen and oxygen atoms in total. The van der Waals surface area contributed by atoms with Gasteiger partial charge in [-0.05, 0) is 92.9 Å². The first-order valence-electron chi connectivity index (χ1n) is 13.6. The summed E-state index contributed by atoms with van der Waals surface area (Å²) in [7, 11) is -3.32. The molecule has 1 aliphatic rings. The number of likely N-dealkylation sites (tertiary alicyclic amines) is 1. The maximum atomic E-state index is 13.3. The van der Waals surface area contributed by atoms with E-state index >= 15 is 0 Å². The van der Waals surface area contributed by atoms with Gasteiger partial charge in [-0.25, -0.2) is 17.6 Å². The highest BCUT2D eigenvalue weighted by Crippen LogP contribution is 2.25. The predicted octanol–water partition coefficient (Wildman–Crippen LogP) is 6.45. The zero-order valence-electron chi connectivity index (χ0n) is 23.6. The van der Waals surface area contributed by atoms with Crippen LogP contribution in [0.25, 0.3) is 0 Å². The Morgan fingerprint density at radius 2 is 1.51 bits per heavy atom. The van der Waals surface area contributed by atoms with E-state index in [-0.39, 0.29) is 17.9 Å². The van der Waals surface area contributed by atoms with Crippen molar-refractivity contribution in [1.29, 1.82) is 0 Å². The molecule has 0 aliphatic carbocycles. The summed E-state index contributed by atoms with van der Waals surface area (Å²) >= 11 is 0. The highest BCUT2D eigenvalue weighted by atomic mass is 32.2. The second kappa shape index (κ2) is 13.6. The number of benzene rings is 3. The summed E-state index contributed by atoms with van der Waals surface area (Å²) in [5, 5.41) is 2.91. The van der Waals surface area contributed by atoms with Crippen LogP contribution in [0.15, 0.2) is 84.4 Å². The minimum Gasteiger partial charge on any atom is -0.457 e. The molecule has 1 aliphatic heterocycles. The van der Waals surface area contributed by atoms with E-state index in [9.17, 15) is 17.6 Å². The SMILES string of the molecule is CC(C)=CCN(C(=O)Nc1ccc(F)cc1)C1CCN(Cc2ccc(Oc3ccc(NS(C)(=O)=O)cc3)cc2)CC1. The van der Waals surface area contributed by atoms with Gasteiger partial charge in [-0.1, -0.05) is 23.8 Å². The maximum Gasteiger partial charge on any atom is 0.322 e. The molecule has 3 aromatic carbocycles. The summed E-state index contributed by atoms with van der Waals surface area (Å²) in [6.07, 6.45) is 4.89. The molecule has 2 amide bonds. The molecule has 0 spiro atoms. The number of hydrogen-bond acceptors (Lipinski definition) is 5. The van der Waals surface area contributed by atoms with Crippen LogP contribution in [0.3, 0.4) is 0 Å². The Morgan fingerprint density at radius 1 is 0.951 bits per heavy atom. The van der Waals surface area contributed by atoms with Gasteiger partial charge in [0.2, 0.25) is 10.0 Å². The largest absolute Gasteiger partial charge is 0.457 e. The summed E-state index contributed by atoms with van der Waals surface area (Å²) < 4.78 is 44.3. The topological polar surface area (TPSA) is 91.0 Å². The van der Waals surface area contributed by atoms with Crippen LogP contribution in [-0.4, -0.2) is 56.2 Å². The van der Waals surface area contributed by atoms with Crippen molar-refractivity contribution in [3.8, 4) is 11.5 Å². The first kappa shape index (κ1) is 30.1. The van der Waals surface area contributed by atoms with Crippen molar-refractivity contribution in [2.24, 2.45) is 0 Å². The van der Waals surface area contributed by atoms with E-state index in [0.29, 0.717) is 29.4 Å². The summed E-state index contributed by atoms with van der Waals surface area (Å²) in [4.78, 5) is 17.4. The molecule has 3 aromatic rings. The summed E-state index contributed by atoms with van der Waals surface area (Å²) in [6, 6.07) is 20.4. The van der Waals surface area contributed by atoms with Crippen molar-refractivity contribution in [3.05, 3.63) is 95.8 Å². The average molecular weight is 581 g/mol. The Morgan fingerprint density at radius 3 is 2.07 bits per heavy atom. The molecular formula is C31H37FN4O4S. The third kappa shape index (κ3) is 9.61. The number of nitrogens with one attached hydrogen (secondary N) is 2. The van der Waals surface area contributed by atoms with Gasteiger partial charge in [0.05, 0.1) is 6.26 Å². The van der Waals surface area contributed by atoms with Crippen LogP contribution in [0.4, 0.5) is 20.6 Å². The van der Waals surface area contributed by atoms with Crippen LogP contribution in [0, 0.1) is 5.82 Å². The normalized spacial score (nSPS) is 14.2. The van der Waals surface area contributed by atoms with Gasteiger partial charge in [-0.3, -0.25) is 9.62 Å². The van der Waals surface area contributed by atoms with Crippen LogP contribution < -0.4 is 14.8 Å². The second-order valence-corrected chi connectivity index (χ2v) is 12.3. The van der Waals surface area contributed by atoms with E-state index in [1.54, 1.807) is 36.4 Å². The molecule has 0 radical (unpaired) electrons. The molecule has 0 saturated carbocycles. The molecule has 0 bridgehead atoms. The molecule has 1 saturated heterocycles. The van der Waals surface area contributed by atoms with E-state index < -0.39 is 10.0 Å². The number of sulfonamides is 1. The number of carbonyl (C=O) groups excluding carboxylic acids is 1. The number of halogens is 1. The van der Waals surface area contributed by atoms with Gasteiger partial charge in [0.15, 0.2) is 0 Å². The molecule has 4 rings (SSSR count). The number of carbonyl (C=O) groups is 1. The molecule has 0 aromatic heterocycles. The zero-order chi connectivity index (χ0) is 29.4. The van der Waals surface area contributed by atoms with Crippen molar-refractivity contribution in [1.82, 2.24) is 9.80 Å². The minimum absolute atomic E-state index is 0.108. The first-order chi connectivity index (χ1) is 19.5. The van der Waals surface area contributed by atoms with Crippen LogP contribution in [0.1, 0.15) is 32.3 Å². The fourth-order valence-corrected chi connectivity index (χ4v) is 5.22. The minimum atomic E-state index is -3.32. The number of allylic oxidation sites excluding steroid dienone is 1. The Kier molecular flexibility index (Phi) is 10.0. The van der Waals surface area contributed by atoms with Gasteiger partial charge in [-0.15, -0.1) is 0 Å². The Hall–Kier alpha value is -3.89. The molecule has 0 atom stereocenters. The van der Waals surface area contributed by atoms with Gasteiger partial charge in [-0.2, -0.15) is 0 Å². The van der Waals surface area contributed by atoms with Crippen molar-refractivity contribution in [2.45, 2.75) is 39.3 Å². The van der Waals surface area contributed by atoms with E-state index in [2.05, 4.69) is 21.0 Å². The fourth-order valence-electron chi connectivity index (χ4n) is 4.66. The fraction of sp³-hybridized carbons (Fsp3) is 0.323. The van der Waals surface area contributed by atoms with E-state index in [4.69, 9.17) is 4.74 Å². The highest BCUT2D eigenvalue weighted by Gasteiger charge is 2.27. The summed E-state index contributed by atoms with van der Waals surface area (Å²) in [5.41, 5.74) is 3.37. The molecule has 1 heterocycles. The number of anilines is 2. The lowest BCUT2D eigenvalue weighted by Crippen LogP contribution is -2.48. The predicted molar refractivity (Wildman–Crippen MR) is 161 cm³/mol. The summed E-state index contributed by atoms with van der Waals surface area (Å²) in [6.45, 7) is 7.10. The van der Waals surface area contributed by atoms with Crippen molar-refractivity contribution in [2.75, 3.05) is 35.9 Å². The number of urea groups is 1. The first-order valence-corrected chi connectivity index (χ1v) is 15.5. The van der Waals surface area contributed by atoms with Crippen molar-refractivity contribution < 1.29 is 22.3 Å². The Balaban J connectivity index is 1.29.